The Labute approximate surface area is 222 Å². The molecule has 6 nitrogen and oxygen atoms in total. The summed E-state index contributed by atoms with van der Waals surface area (Å²) >= 11 is 4.41. The first kappa shape index (κ1) is 26.2. The standard InChI is InChI=1S/C25H29I2NO5/c1-4-15(3)32-22(29)14-21-23(17-8-6-7-9-20(17)33-21)24(30)16-12-18(26)25(19(27)13-16)31-11-10-28-5-2/h6-9,12-13,15,21,23,28H,4-5,10-11,14H2,1-3H3/t15-,21?,23?/m0/s1. The molecule has 0 amide bonds. The smallest absolute Gasteiger partial charge is 0.309 e. The maximum absolute atomic E-state index is 13.7. The van der Waals surface area contributed by atoms with Crippen LogP contribution in [0.3, 0.4) is 0 Å². The highest BCUT2D eigenvalue weighted by Gasteiger charge is 2.41. The number of carbonyl (C=O) groups excluding carboxylic acids is 2. The topological polar surface area (TPSA) is 73.9 Å². The zero-order valence-electron chi connectivity index (χ0n) is 19.0. The number of likely N-dealkylation sites (N-methyl/N-ethyl adjacent to an activating group) is 1. The van der Waals surface area contributed by atoms with Crippen LogP contribution >= 0.6 is 45.2 Å². The molecule has 3 rings (SSSR count). The molecule has 0 aromatic heterocycles. The largest absolute Gasteiger partial charge is 0.490 e. The second-order valence-electron chi connectivity index (χ2n) is 7.92. The van der Waals surface area contributed by atoms with Gasteiger partial charge in [0.25, 0.3) is 0 Å². The predicted molar refractivity (Wildman–Crippen MR) is 144 cm³/mol. The number of hydrogen-bond donors (Lipinski definition) is 1. The van der Waals surface area contributed by atoms with Crippen molar-refractivity contribution in [1.29, 1.82) is 0 Å². The summed E-state index contributed by atoms with van der Waals surface area (Å²) in [5.41, 5.74) is 1.38. The fourth-order valence-corrected chi connectivity index (χ4v) is 5.77. The van der Waals surface area contributed by atoms with Gasteiger partial charge in [0, 0.05) is 17.7 Å². The summed E-state index contributed by atoms with van der Waals surface area (Å²) in [5.74, 6) is 0.426. The Morgan fingerprint density at radius 2 is 1.85 bits per heavy atom. The zero-order valence-corrected chi connectivity index (χ0v) is 23.3. The molecule has 1 aliphatic heterocycles. The maximum Gasteiger partial charge on any atom is 0.309 e. The Hall–Kier alpha value is -1.40. The van der Waals surface area contributed by atoms with Gasteiger partial charge in [0.1, 0.15) is 24.2 Å². The quantitative estimate of drug-likeness (QED) is 0.150. The number of hydrogen-bond acceptors (Lipinski definition) is 6. The lowest BCUT2D eigenvalue weighted by Gasteiger charge is -2.20. The molecule has 0 radical (unpaired) electrons. The van der Waals surface area contributed by atoms with E-state index in [2.05, 4.69) is 57.4 Å². The zero-order chi connectivity index (χ0) is 24.0. The van der Waals surface area contributed by atoms with Gasteiger partial charge in [-0.15, -0.1) is 0 Å². The van der Waals surface area contributed by atoms with Gasteiger partial charge in [-0.2, -0.15) is 0 Å². The normalized spacial score (nSPS) is 17.7. The molecule has 0 saturated heterocycles. The number of esters is 1. The van der Waals surface area contributed by atoms with E-state index >= 15 is 0 Å². The summed E-state index contributed by atoms with van der Waals surface area (Å²) in [6.45, 7) is 8.07. The third-order valence-corrected chi connectivity index (χ3v) is 7.12. The number of Topliss-reactive ketones (excluding diaryl/α,β-unsaturated/α-hetero) is 1. The first-order valence-electron chi connectivity index (χ1n) is 11.2. The Balaban J connectivity index is 1.84. The number of ketones is 1. The van der Waals surface area contributed by atoms with Gasteiger partial charge in [-0.3, -0.25) is 9.59 Å². The summed E-state index contributed by atoms with van der Waals surface area (Å²) in [6.07, 6.45) is -0.00833. The van der Waals surface area contributed by atoms with Gasteiger partial charge in [0.2, 0.25) is 0 Å². The van der Waals surface area contributed by atoms with Crippen molar-refractivity contribution in [1.82, 2.24) is 5.32 Å². The molecule has 1 aliphatic rings. The summed E-state index contributed by atoms with van der Waals surface area (Å²) in [6, 6.07) is 11.2. The van der Waals surface area contributed by atoms with Crippen LogP contribution in [-0.2, 0) is 9.53 Å². The fourth-order valence-electron chi connectivity index (χ4n) is 3.69. The molecule has 33 heavy (non-hydrogen) atoms. The van der Waals surface area contributed by atoms with E-state index in [1.807, 2.05) is 50.2 Å². The van der Waals surface area contributed by atoms with Crippen molar-refractivity contribution in [3.05, 3.63) is 54.7 Å². The van der Waals surface area contributed by atoms with E-state index in [9.17, 15) is 9.59 Å². The van der Waals surface area contributed by atoms with Gasteiger partial charge in [0.05, 0.1) is 25.6 Å². The first-order valence-corrected chi connectivity index (χ1v) is 13.3. The molecular formula is C25H29I2NO5. The van der Waals surface area contributed by atoms with Gasteiger partial charge in [-0.05, 0) is 83.3 Å². The summed E-state index contributed by atoms with van der Waals surface area (Å²) < 4.78 is 19.2. The van der Waals surface area contributed by atoms with Crippen molar-refractivity contribution in [2.45, 2.75) is 51.7 Å². The lowest BCUT2D eigenvalue weighted by molar-refractivity contribution is -0.150. The number of carbonyl (C=O) groups is 2. The van der Waals surface area contributed by atoms with Crippen molar-refractivity contribution in [3.63, 3.8) is 0 Å². The minimum Gasteiger partial charge on any atom is -0.490 e. The number of fused-ring (bicyclic) bond motifs is 1. The van der Waals surface area contributed by atoms with Crippen molar-refractivity contribution >= 4 is 56.9 Å². The van der Waals surface area contributed by atoms with E-state index in [0.29, 0.717) is 17.9 Å². The van der Waals surface area contributed by atoms with Crippen molar-refractivity contribution in [3.8, 4) is 11.5 Å². The van der Waals surface area contributed by atoms with Crippen molar-refractivity contribution in [2.75, 3.05) is 19.7 Å². The van der Waals surface area contributed by atoms with Crippen molar-refractivity contribution in [2.24, 2.45) is 0 Å². The molecule has 1 N–H and O–H groups in total. The molecule has 0 spiro atoms. The minimum atomic E-state index is -0.599. The highest BCUT2D eigenvalue weighted by Crippen LogP contribution is 2.42. The molecular weight excluding hydrogens is 648 g/mol. The third kappa shape index (κ3) is 6.60. The summed E-state index contributed by atoms with van der Waals surface area (Å²) in [5, 5.41) is 3.23. The average molecular weight is 677 g/mol. The van der Waals surface area contributed by atoms with Gasteiger partial charge < -0.3 is 19.5 Å². The summed E-state index contributed by atoms with van der Waals surface area (Å²) in [4.78, 5) is 26.2. The van der Waals surface area contributed by atoms with E-state index in [0.717, 1.165) is 38.0 Å². The number of halogens is 2. The van der Waals surface area contributed by atoms with Crippen LogP contribution in [0.15, 0.2) is 36.4 Å². The molecule has 8 heteroatoms. The predicted octanol–water partition coefficient (Wildman–Crippen LogP) is 5.34. The maximum atomic E-state index is 13.7. The monoisotopic (exact) mass is 677 g/mol. The Morgan fingerprint density at radius 3 is 2.52 bits per heavy atom. The van der Waals surface area contributed by atoms with E-state index in [1.54, 1.807) is 0 Å². The average Bonchev–Trinajstić information content (AvgIpc) is 3.14. The number of rotatable bonds is 11. The number of ether oxygens (including phenoxy) is 3. The van der Waals surface area contributed by atoms with Crippen LogP contribution in [0.2, 0.25) is 0 Å². The van der Waals surface area contributed by atoms with E-state index in [1.165, 1.54) is 0 Å². The number of benzene rings is 2. The minimum absolute atomic E-state index is 0.0230. The van der Waals surface area contributed by atoms with Crippen LogP contribution in [0.25, 0.3) is 0 Å². The molecule has 2 aromatic carbocycles. The van der Waals surface area contributed by atoms with Gasteiger partial charge in [-0.25, -0.2) is 0 Å². The Morgan fingerprint density at radius 1 is 1.15 bits per heavy atom. The lowest BCUT2D eigenvalue weighted by atomic mass is 9.86. The van der Waals surface area contributed by atoms with E-state index in [4.69, 9.17) is 14.2 Å². The number of nitrogens with one attached hydrogen (secondary N) is 1. The van der Waals surface area contributed by atoms with E-state index in [-0.39, 0.29) is 24.3 Å². The molecule has 178 valence electrons. The first-order chi connectivity index (χ1) is 15.8. The van der Waals surface area contributed by atoms with E-state index < -0.39 is 12.0 Å². The highest BCUT2D eigenvalue weighted by atomic mass is 127. The highest BCUT2D eigenvalue weighted by molar-refractivity contribution is 14.1. The number of para-hydroxylation sites is 1. The van der Waals surface area contributed by atoms with Crippen molar-refractivity contribution < 1.29 is 23.8 Å². The van der Waals surface area contributed by atoms with Crippen LogP contribution < -0.4 is 14.8 Å². The third-order valence-electron chi connectivity index (χ3n) is 5.52. The molecule has 3 atom stereocenters. The van der Waals surface area contributed by atoms with Gasteiger partial charge in [-0.1, -0.05) is 32.0 Å². The van der Waals surface area contributed by atoms with Crippen LogP contribution in [0.5, 0.6) is 11.5 Å². The fraction of sp³-hybridized carbons (Fsp3) is 0.440. The van der Waals surface area contributed by atoms with Crippen LogP contribution in [-0.4, -0.2) is 43.7 Å². The Bertz CT molecular complexity index is 974. The van der Waals surface area contributed by atoms with Crippen LogP contribution in [0.4, 0.5) is 0 Å². The molecule has 0 fully saturated rings. The second-order valence-corrected chi connectivity index (χ2v) is 10.2. The molecule has 2 unspecified atom stereocenters. The molecule has 0 saturated carbocycles. The lowest BCUT2D eigenvalue weighted by Crippen LogP contribution is -2.30. The SMILES string of the molecule is CCNCCOc1c(I)cc(C(=O)C2c3ccccc3OC2CC(=O)O[C@@H](C)CC)cc1I. The van der Waals surface area contributed by atoms with Crippen LogP contribution in [0.1, 0.15) is 55.5 Å². The van der Waals surface area contributed by atoms with Gasteiger partial charge >= 0.3 is 5.97 Å². The Kier molecular flexibility index (Phi) is 9.81. The molecule has 0 aliphatic carbocycles. The second kappa shape index (κ2) is 12.3. The molecule has 2 aromatic rings. The summed E-state index contributed by atoms with van der Waals surface area (Å²) in [7, 11) is 0. The molecule has 1 heterocycles. The van der Waals surface area contributed by atoms with Gasteiger partial charge in [0.15, 0.2) is 5.78 Å². The van der Waals surface area contributed by atoms with Crippen LogP contribution in [0, 0.1) is 7.14 Å². The molecule has 0 bridgehead atoms.